The molecule has 1 aliphatic heterocycles. The number of nitrogen functional groups attached to an aromatic ring is 1. The third-order valence-electron chi connectivity index (χ3n) is 2.67. The summed E-state index contributed by atoms with van der Waals surface area (Å²) in [5, 5.41) is 0. The number of nitrogens with zero attached hydrogens (tertiary/aromatic N) is 1. The van der Waals surface area contributed by atoms with Gasteiger partial charge in [0.1, 0.15) is 0 Å². The van der Waals surface area contributed by atoms with Crippen LogP contribution in [0.3, 0.4) is 0 Å². The summed E-state index contributed by atoms with van der Waals surface area (Å²) in [6.07, 6.45) is 1.11. The maximum absolute atomic E-state index is 5.84. The smallest absolute Gasteiger partial charge is 0.0317 e. The van der Waals surface area contributed by atoms with Crippen molar-refractivity contribution < 1.29 is 0 Å². The van der Waals surface area contributed by atoms with E-state index in [0.29, 0.717) is 6.04 Å². The third kappa shape index (κ3) is 2.25. The monoisotopic (exact) mass is 191 g/mol. The third-order valence-corrected chi connectivity index (χ3v) is 2.67. The molecule has 0 bridgehead atoms. The zero-order valence-electron chi connectivity index (χ0n) is 8.32. The Bertz CT molecular complexity index is 311. The average molecular weight is 191 g/mol. The molecule has 2 rings (SSSR count). The van der Waals surface area contributed by atoms with Crippen LogP contribution in [0.1, 0.15) is 12.0 Å². The van der Waals surface area contributed by atoms with E-state index in [1.165, 1.54) is 5.56 Å². The largest absolute Gasteiger partial charge is 0.399 e. The van der Waals surface area contributed by atoms with Gasteiger partial charge in [0.2, 0.25) is 0 Å². The lowest BCUT2D eigenvalue weighted by Crippen LogP contribution is -2.26. The van der Waals surface area contributed by atoms with Gasteiger partial charge in [0, 0.05) is 31.4 Å². The highest BCUT2D eigenvalue weighted by Gasteiger charge is 2.18. The number of hydrogen-bond acceptors (Lipinski definition) is 3. The second-order valence-electron chi connectivity index (χ2n) is 4.03. The molecule has 0 unspecified atom stereocenters. The van der Waals surface area contributed by atoms with E-state index >= 15 is 0 Å². The summed E-state index contributed by atoms with van der Waals surface area (Å²) in [5.74, 6) is 0. The minimum Gasteiger partial charge on any atom is -0.399 e. The first-order valence-electron chi connectivity index (χ1n) is 5.06. The normalized spacial score (nSPS) is 22.8. The first-order chi connectivity index (χ1) is 6.74. The van der Waals surface area contributed by atoms with Crippen molar-refractivity contribution >= 4 is 5.69 Å². The molecule has 3 heteroatoms. The zero-order chi connectivity index (χ0) is 9.97. The number of hydrogen-bond donors (Lipinski definition) is 2. The predicted molar refractivity (Wildman–Crippen MR) is 58.7 cm³/mol. The number of rotatable bonds is 2. The summed E-state index contributed by atoms with van der Waals surface area (Å²) in [4.78, 5) is 2.37. The summed E-state index contributed by atoms with van der Waals surface area (Å²) in [7, 11) is 0. The lowest BCUT2D eigenvalue weighted by molar-refractivity contribution is 0.327. The summed E-state index contributed by atoms with van der Waals surface area (Å²) >= 11 is 0. The number of benzene rings is 1. The van der Waals surface area contributed by atoms with Crippen molar-refractivity contribution in [3.63, 3.8) is 0 Å². The minimum absolute atomic E-state index is 0.357. The SMILES string of the molecule is Nc1cccc(CN2CC[C@@H](N)C2)c1. The first kappa shape index (κ1) is 9.49. The van der Waals surface area contributed by atoms with Gasteiger partial charge in [0.15, 0.2) is 0 Å². The molecule has 76 valence electrons. The van der Waals surface area contributed by atoms with Crippen molar-refractivity contribution in [1.29, 1.82) is 0 Å². The number of anilines is 1. The van der Waals surface area contributed by atoms with E-state index in [-0.39, 0.29) is 0 Å². The zero-order valence-corrected chi connectivity index (χ0v) is 8.32. The molecule has 3 nitrogen and oxygen atoms in total. The van der Waals surface area contributed by atoms with Crippen LogP contribution in [0.15, 0.2) is 24.3 Å². The van der Waals surface area contributed by atoms with Gasteiger partial charge in [-0.1, -0.05) is 12.1 Å². The van der Waals surface area contributed by atoms with Crippen LogP contribution in [-0.4, -0.2) is 24.0 Å². The quantitative estimate of drug-likeness (QED) is 0.680. The van der Waals surface area contributed by atoms with Crippen LogP contribution in [0.25, 0.3) is 0 Å². The second-order valence-corrected chi connectivity index (χ2v) is 4.03. The molecule has 0 amide bonds. The van der Waals surface area contributed by atoms with E-state index in [1.54, 1.807) is 0 Å². The number of likely N-dealkylation sites (tertiary alicyclic amines) is 1. The van der Waals surface area contributed by atoms with Gasteiger partial charge in [0.25, 0.3) is 0 Å². The van der Waals surface area contributed by atoms with Crippen molar-refractivity contribution in [2.45, 2.75) is 19.0 Å². The van der Waals surface area contributed by atoms with Gasteiger partial charge in [-0.15, -0.1) is 0 Å². The Morgan fingerprint density at radius 1 is 1.43 bits per heavy atom. The van der Waals surface area contributed by atoms with Crippen LogP contribution >= 0.6 is 0 Å². The Morgan fingerprint density at radius 2 is 2.29 bits per heavy atom. The molecule has 1 aliphatic rings. The highest BCUT2D eigenvalue weighted by molar-refractivity contribution is 5.40. The van der Waals surface area contributed by atoms with Crippen LogP contribution in [0.4, 0.5) is 5.69 Å². The fraction of sp³-hybridized carbons (Fsp3) is 0.455. The van der Waals surface area contributed by atoms with Crippen molar-refractivity contribution in [2.75, 3.05) is 18.8 Å². The topological polar surface area (TPSA) is 55.3 Å². The standard InChI is InChI=1S/C11H17N3/c12-10-3-1-2-9(6-10)7-14-5-4-11(13)8-14/h1-3,6,11H,4-5,7-8,12-13H2/t11-/m1/s1. The molecule has 0 radical (unpaired) electrons. The average Bonchev–Trinajstić information content (AvgIpc) is 2.51. The van der Waals surface area contributed by atoms with E-state index in [9.17, 15) is 0 Å². The maximum Gasteiger partial charge on any atom is 0.0317 e. The summed E-state index contributed by atoms with van der Waals surface area (Å²) in [6, 6.07) is 8.42. The van der Waals surface area contributed by atoms with E-state index in [1.807, 2.05) is 18.2 Å². The molecule has 1 fully saturated rings. The molecule has 0 aliphatic carbocycles. The van der Waals surface area contributed by atoms with Gasteiger partial charge in [0.05, 0.1) is 0 Å². The molecule has 0 spiro atoms. The molecular formula is C11H17N3. The molecular weight excluding hydrogens is 174 g/mol. The number of nitrogens with two attached hydrogens (primary N) is 2. The molecule has 0 aromatic heterocycles. The van der Waals surface area contributed by atoms with E-state index < -0.39 is 0 Å². The van der Waals surface area contributed by atoms with Crippen LogP contribution < -0.4 is 11.5 Å². The molecule has 1 saturated heterocycles. The lowest BCUT2D eigenvalue weighted by atomic mass is 10.2. The summed E-state index contributed by atoms with van der Waals surface area (Å²) in [5.41, 5.74) is 13.7. The molecule has 1 aromatic carbocycles. The van der Waals surface area contributed by atoms with Crippen molar-refractivity contribution in [2.24, 2.45) is 5.73 Å². The highest BCUT2D eigenvalue weighted by Crippen LogP contribution is 2.13. The molecule has 1 heterocycles. The van der Waals surface area contributed by atoms with Gasteiger partial charge in [-0.3, -0.25) is 4.90 Å². The molecule has 1 aromatic rings. The Kier molecular flexibility index (Phi) is 2.70. The van der Waals surface area contributed by atoms with Gasteiger partial charge in [-0.2, -0.15) is 0 Å². The maximum atomic E-state index is 5.84. The van der Waals surface area contributed by atoms with Crippen LogP contribution in [0, 0.1) is 0 Å². The highest BCUT2D eigenvalue weighted by atomic mass is 15.2. The van der Waals surface area contributed by atoms with Crippen molar-refractivity contribution in [1.82, 2.24) is 4.90 Å². The van der Waals surface area contributed by atoms with Gasteiger partial charge < -0.3 is 11.5 Å². The van der Waals surface area contributed by atoms with E-state index in [2.05, 4.69) is 11.0 Å². The van der Waals surface area contributed by atoms with E-state index in [4.69, 9.17) is 11.5 Å². The Morgan fingerprint density at radius 3 is 2.93 bits per heavy atom. The van der Waals surface area contributed by atoms with Crippen LogP contribution in [-0.2, 0) is 6.54 Å². The van der Waals surface area contributed by atoms with Gasteiger partial charge >= 0.3 is 0 Å². The van der Waals surface area contributed by atoms with Crippen molar-refractivity contribution in [3.05, 3.63) is 29.8 Å². The predicted octanol–water partition coefficient (Wildman–Crippen LogP) is 0.802. The van der Waals surface area contributed by atoms with Crippen molar-refractivity contribution in [3.8, 4) is 0 Å². The van der Waals surface area contributed by atoms with Crippen LogP contribution in [0.2, 0.25) is 0 Å². The van der Waals surface area contributed by atoms with Gasteiger partial charge in [-0.05, 0) is 24.1 Å². The van der Waals surface area contributed by atoms with E-state index in [0.717, 1.165) is 31.7 Å². The fourth-order valence-corrected chi connectivity index (χ4v) is 1.96. The van der Waals surface area contributed by atoms with Gasteiger partial charge in [-0.25, -0.2) is 0 Å². The molecule has 4 N–H and O–H groups in total. The Balaban J connectivity index is 1.97. The lowest BCUT2D eigenvalue weighted by Gasteiger charge is -2.15. The first-order valence-corrected chi connectivity index (χ1v) is 5.06. The molecule has 0 saturated carbocycles. The fourth-order valence-electron chi connectivity index (χ4n) is 1.96. The Labute approximate surface area is 84.7 Å². The summed E-state index contributed by atoms with van der Waals surface area (Å²) < 4.78 is 0. The molecule has 1 atom stereocenters. The minimum atomic E-state index is 0.357. The van der Waals surface area contributed by atoms with Crippen LogP contribution in [0.5, 0.6) is 0 Å². The molecule has 14 heavy (non-hydrogen) atoms. The second kappa shape index (κ2) is 3.98. The summed E-state index contributed by atoms with van der Waals surface area (Å²) in [6.45, 7) is 3.09. The Hall–Kier alpha value is -1.06.